The number of amides is 1. The van der Waals surface area contributed by atoms with Crippen molar-refractivity contribution in [1.29, 1.82) is 0 Å². The molecule has 35 heavy (non-hydrogen) atoms. The van der Waals surface area contributed by atoms with E-state index >= 15 is 0 Å². The van der Waals surface area contributed by atoms with Crippen LogP contribution in [-0.2, 0) is 18.3 Å². The molecule has 1 aromatic carbocycles. The van der Waals surface area contributed by atoms with E-state index in [1.54, 1.807) is 11.1 Å². The molecule has 0 radical (unpaired) electrons. The Labute approximate surface area is 204 Å². The maximum atomic E-state index is 13.1. The largest absolute Gasteiger partial charge is 0.390 e. The van der Waals surface area contributed by atoms with Crippen LogP contribution in [0.3, 0.4) is 0 Å². The molecule has 0 unspecified atom stereocenters. The van der Waals surface area contributed by atoms with Crippen LogP contribution in [0.25, 0.3) is 22.0 Å². The van der Waals surface area contributed by atoms with Crippen molar-refractivity contribution in [3.63, 3.8) is 0 Å². The Hall–Kier alpha value is -2.87. The third-order valence-corrected chi connectivity index (χ3v) is 7.50. The molecule has 0 bridgehead atoms. The lowest BCUT2D eigenvalue weighted by molar-refractivity contribution is -0.140. The molecular weight excluding hydrogens is 453 g/mol. The van der Waals surface area contributed by atoms with Crippen molar-refractivity contribution >= 4 is 22.5 Å². The first-order valence-corrected chi connectivity index (χ1v) is 12.1. The Morgan fingerprint density at radius 2 is 1.86 bits per heavy atom. The standard InChI is InChI=1S/C27H33F3N4O/c1-5-19-15-23(33(4)18(19)2)20-6-7-21-17-31-24(16-22(21)14-20)32-25(35)26(3)8-11-34(12-9-26)13-10-27(28,29)30/h6-7,14-17H,5,8-13H2,1-4H3,(H,31,32,35). The highest BCUT2D eigenvalue weighted by atomic mass is 19.4. The highest BCUT2D eigenvalue weighted by Gasteiger charge is 2.38. The number of rotatable bonds is 6. The zero-order valence-electron chi connectivity index (χ0n) is 20.8. The maximum absolute atomic E-state index is 13.1. The van der Waals surface area contributed by atoms with Crippen LogP contribution in [0.4, 0.5) is 19.0 Å². The number of aromatic nitrogens is 2. The fourth-order valence-electron chi connectivity index (χ4n) is 4.82. The van der Waals surface area contributed by atoms with E-state index in [4.69, 9.17) is 0 Å². The number of carbonyl (C=O) groups excluding carboxylic acids is 1. The van der Waals surface area contributed by atoms with Gasteiger partial charge >= 0.3 is 6.18 Å². The van der Waals surface area contributed by atoms with Crippen molar-refractivity contribution < 1.29 is 18.0 Å². The third-order valence-electron chi connectivity index (χ3n) is 7.50. The number of nitrogens with zero attached hydrogens (tertiary/aromatic N) is 3. The van der Waals surface area contributed by atoms with Crippen LogP contribution in [0.1, 0.15) is 44.4 Å². The molecule has 1 saturated heterocycles. The first kappa shape index (κ1) is 25.2. The first-order valence-electron chi connectivity index (χ1n) is 12.1. The van der Waals surface area contributed by atoms with Gasteiger partial charge in [-0.1, -0.05) is 26.0 Å². The predicted octanol–water partition coefficient (Wildman–Crippen LogP) is 6.10. The molecule has 1 fully saturated rings. The first-order chi connectivity index (χ1) is 16.5. The zero-order chi connectivity index (χ0) is 25.4. The lowest BCUT2D eigenvalue weighted by Crippen LogP contribution is -2.45. The van der Waals surface area contributed by atoms with Crippen LogP contribution in [0.15, 0.2) is 36.5 Å². The molecule has 1 aliphatic rings. The second kappa shape index (κ2) is 9.64. The fraction of sp³-hybridized carbons (Fsp3) is 0.481. The third kappa shape index (κ3) is 5.53. The maximum Gasteiger partial charge on any atom is 0.390 e. The van der Waals surface area contributed by atoms with Gasteiger partial charge in [0.15, 0.2) is 0 Å². The van der Waals surface area contributed by atoms with Crippen molar-refractivity contribution in [2.75, 3.05) is 25.0 Å². The van der Waals surface area contributed by atoms with Gasteiger partial charge in [0.05, 0.1) is 6.42 Å². The molecule has 0 aliphatic carbocycles. The molecule has 188 valence electrons. The molecule has 0 atom stereocenters. The van der Waals surface area contributed by atoms with Gasteiger partial charge in [-0.05, 0) is 74.0 Å². The molecule has 0 spiro atoms. The molecule has 2 aromatic heterocycles. The summed E-state index contributed by atoms with van der Waals surface area (Å²) in [6.45, 7) is 7.10. The summed E-state index contributed by atoms with van der Waals surface area (Å²) < 4.78 is 39.8. The minimum Gasteiger partial charge on any atom is -0.348 e. The Kier molecular flexibility index (Phi) is 6.95. The Morgan fingerprint density at radius 3 is 2.49 bits per heavy atom. The van der Waals surface area contributed by atoms with E-state index in [1.165, 1.54) is 11.3 Å². The minimum atomic E-state index is -4.16. The molecule has 1 N–H and O–H groups in total. The number of alkyl halides is 3. The van der Waals surface area contributed by atoms with E-state index in [-0.39, 0.29) is 12.5 Å². The monoisotopic (exact) mass is 486 g/mol. The second-order valence-electron chi connectivity index (χ2n) is 9.91. The molecule has 4 rings (SSSR count). The topological polar surface area (TPSA) is 50.2 Å². The summed E-state index contributed by atoms with van der Waals surface area (Å²) in [5.74, 6) is 0.347. The van der Waals surface area contributed by atoms with Crippen LogP contribution in [0, 0.1) is 12.3 Å². The lowest BCUT2D eigenvalue weighted by atomic mass is 9.79. The van der Waals surface area contributed by atoms with E-state index in [9.17, 15) is 18.0 Å². The lowest BCUT2D eigenvalue weighted by Gasteiger charge is -2.38. The molecule has 5 nitrogen and oxygen atoms in total. The molecule has 1 amide bonds. The van der Waals surface area contributed by atoms with E-state index < -0.39 is 18.0 Å². The molecule has 0 saturated carbocycles. The molecule has 1 aliphatic heterocycles. The summed E-state index contributed by atoms with van der Waals surface area (Å²) in [7, 11) is 2.07. The van der Waals surface area contributed by atoms with Gasteiger partial charge in [0.1, 0.15) is 5.82 Å². The Bertz CT molecular complexity index is 1220. The van der Waals surface area contributed by atoms with Crippen LogP contribution in [0.2, 0.25) is 0 Å². The van der Waals surface area contributed by atoms with Crippen molar-refractivity contribution in [1.82, 2.24) is 14.5 Å². The molecule has 8 heteroatoms. The number of likely N-dealkylation sites (tertiary alicyclic amines) is 1. The number of aryl methyl sites for hydroxylation is 1. The van der Waals surface area contributed by atoms with Gasteiger partial charge in [-0.15, -0.1) is 0 Å². The fourth-order valence-corrected chi connectivity index (χ4v) is 4.82. The van der Waals surface area contributed by atoms with Crippen molar-refractivity contribution in [3.05, 3.63) is 47.8 Å². The SMILES string of the molecule is CCc1cc(-c2ccc3cnc(NC(=O)C4(C)CCN(CCC(F)(F)F)CC4)cc3c2)n(C)c1C. The Balaban J connectivity index is 1.47. The molecule has 3 heterocycles. The van der Waals surface area contributed by atoms with E-state index in [2.05, 4.69) is 54.0 Å². The van der Waals surface area contributed by atoms with E-state index in [0.29, 0.717) is 31.7 Å². The van der Waals surface area contributed by atoms with Gasteiger partial charge in [0.2, 0.25) is 5.91 Å². The van der Waals surface area contributed by atoms with Crippen LogP contribution < -0.4 is 5.32 Å². The zero-order valence-corrected chi connectivity index (χ0v) is 20.8. The highest BCUT2D eigenvalue weighted by Crippen LogP contribution is 2.34. The summed E-state index contributed by atoms with van der Waals surface area (Å²) in [5, 5.41) is 4.92. The smallest absolute Gasteiger partial charge is 0.348 e. The normalized spacial score (nSPS) is 16.5. The summed E-state index contributed by atoms with van der Waals surface area (Å²) >= 11 is 0. The number of hydrogen-bond acceptors (Lipinski definition) is 3. The quantitative estimate of drug-likeness (QED) is 0.458. The summed E-state index contributed by atoms with van der Waals surface area (Å²) in [6.07, 6.45) is -1.21. The summed E-state index contributed by atoms with van der Waals surface area (Å²) in [4.78, 5) is 19.3. The number of pyridine rings is 1. The highest BCUT2D eigenvalue weighted by molar-refractivity contribution is 5.96. The van der Waals surface area contributed by atoms with Gasteiger partial charge in [-0.3, -0.25) is 4.79 Å². The number of piperidine rings is 1. The number of benzene rings is 1. The molecular formula is C27H33F3N4O. The number of hydrogen-bond donors (Lipinski definition) is 1. The molecule has 3 aromatic rings. The summed E-state index contributed by atoms with van der Waals surface area (Å²) in [6, 6.07) is 10.3. The average Bonchev–Trinajstić information content (AvgIpc) is 3.11. The second-order valence-corrected chi connectivity index (χ2v) is 9.91. The van der Waals surface area contributed by atoms with Gasteiger partial charge in [-0.25, -0.2) is 4.98 Å². The van der Waals surface area contributed by atoms with Gasteiger partial charge in [-0.2, -0.15) is 13.2 Å². The van der Waals surface area contributed by atoms with Crippen LogP contribution >= 0.6 is 0 Å². The average molecular weight is 487 g/mol. The van der Waals surface area contributed by atoms with E-state index in [1.807, 2.05) is 19.1 Å². The van der Waals surface area contributed by atoms with Crippen LogP contribution in [-0.4, -0.2) is 46.2 Å². The number of fused-ring (bicyclic) bond motifs is 1. The van der Waals surface area contributed by atoms with Crippen molar-refractivity contribution in [2.24, 2.45) is 12.5 Å². The van der Waals surface area contributed by atoms with Gasteiger partial charge in [0.25, 0.3) is 0 Å². The number of nitrogens with one attached hydrogen (secondary N) is 1. The minimum absolute atomic E-state index is 0.0177. The van der Waals surface area contributed by atoms with Crippen molar-refractivity contribution in [3.8, 4) is 11.3 Å². The summed E-state index contributed by atoms with van der Waals surface area (Å²) in [5.41, 5.74) is 4.19. The number of carbonyl (C=O) groups is 1. The van der Waals surface area contributed by atoms with Gasteiger partial charge in [0, 0.05) is 42.0 Å². The number of halogens is 3. The number of anilines is 1. The van der Waals surface area contributed by atoms with Gasteiger partial charge < -0.3 is 14.8 Å². The Morgan fingerprint density at radius 1 is 1.14 bits per heavy atom. The van der Waals surface area contributed by atoms with Crippen LogP contribution in [0.5, 0.6) is 0 Å². The van der Waals surface area contributed by atoms with E-state index in [0.717, 1.165) is 28.5 Å². The van der Waals surface area contributed by atoms with Crippen molar-refractivity contribution in [2.45, 2.75) is 52.6 Å². The predicted molar refractivity (Wildman–Crippen MR) is 133 cm³/mol.